The third-order valence-corrected chi connectivity index (χ3v) is 1.81. The van der Waals surface area contributed by atoms with Crippen molar-refractivity contribution in [3.05, 3.63) is 5.69 Å². The molecule has 1 aromatic heterocycles. The maximum atomic E-state index is 5.72. The number of nitrogens with zero attached hydrogens (tertiary/aromatic N) is 4. The molecule has 0 atom stereocenters. The zero-order valence-corrected chi connectivity index (χ0v) is 8.77. The van der Waals surface area contributed by atoms with E-state index >= 15 is 0 Å². The Morgan fingerprint density at radius 1 is 1.60 bits per heavy atom. The summed E-state index contributed by atoms with van der Waals surface area (Å²) >= 11 is 0. The van der Waals surface area contributed by atoms with Crippen molar-refractivity contribution in [2.75, 3.05) is 25.3 Å². The molecule has 4 N–H and O–H groups in total. The van der Waals surface area contributed by atoms with Crippen LogP contribution in [-0.2, 0) is 4.74 Å². The first-order valence-corrected chi connectivity index (χ1v) is 4.22. The highest BCUT2D eigenvalue weighted by Crippen LogP contribution is 2.18. The van der Waals surface area contributed by atoms with E-state index in [0.717, 1.165) is 0 Å². The molecule has 0 unspecified atom stereocenters. The lowest BCUT2D eigenvalue weighted by atomic mass is 10.4. The van der Waals surface area contributed by atoms with Crippen LogP contribution in [0.15, 0.2) is 9.98 Å². The fraction of sp³-hybridized carbons (Fsp3) is 0.375. The normalized spacial score (nSPS) is 11.7. The summed E-state index contributed by atoms with van der Waals surface area (Å²) in [5, 5.41) is 4.08. The van der Waals surface area contributed by atoms with Crippen molar-refractivity contribution in [2.24, 2.45) is 9.98 Å². The lowest BCUT2D eigenvalue weighted by Crippen LogP contribution is -2.15. The molecule has 0 bridgehead atoms. The third-order valence-electron chi connectivity index (χ3n) is 1.81. The molecule has 0 aliphatic heterocycles. The molecular formula is C8H14N6O. The summed E-state index contributed by atoms with van der Waals surface area (Å²) in [6, 6.07) is 0. The van der Waals surface area contributed by atoms with E-state index in [9.17, 15) is 0 Å². The van der Waals surface area contributed by atoms with Crippen molar-refractivity contribution in [1.29, 1.82) is 0 Å². The van der Waals surface area contributed by atoms with Gasteiger partial charge in [0.15, 0.2) is 5.82 Å². The molecule has 7 nitrogen and oxygen atoms in total. The van der Waals surface area contributed by atoms with Gasteiger partial charge in [-0.05, 0) is 13.6 Å². The van der Waals surface area contributed by atoms with Gasteiger partial charge in [0.05, 0.1) is 11.4 Å². The van der Waals surface area contributed by atoms with Crippen LogP contribution in [-0.4, -0.2) is 36.3 Å². The van der Waals surface area contributed by atoms with Crippen LogP contribution in [0.2, 0.25) is 0 Å². The molecule has 0 aromatic carbocycles. The summed E-state index contributed by atoms with van der Waals surface area (Å²) in [6.07, 6.45) is 0. The Morgan fingerprint density at radius 3 is 2.67 bits per heavy atom. The SMILES string of the molecule is C=N/C(=N\COC)n1nc(C)c(N)c1N. The molecule has 0 spiro atoms. The van der Waals surface area contributed by atoms with E-state index in [0.29, 0.717) is 17.2 Å². The summed E-state index contributed by atoms with van der Waals surface area (Å²) in [4.78, 5) is 7.67. The largest absolute Gasteiger partial charge is 0.394 e. The first kappa shape index (κ1) is 11.2. The van der Waals surface area contributed by atoms with Crippen molar-refractivity contribution in [1.82, 2.24) is 9.78 Å². The Kier molecular flexibility index (Phi) is 3.40. The Hall–Kier alpha value is -1.89. The number of methoxy groups -OCH3 is 1. The zero-order chi connectivity index (χ0) is 11.4. The Morgan fingerprint density at radius 2 is 2.27 bits per heavy atom. The fourth-order valence-corrected chi connectivity index (χ4v) is 1.02. The van der Waals surface area contributed by atoms with Gasteiger partial charge in [-0.15, -0.1) is 0 Å². The number of ether oxygens (including phenoxy) is 1. The number of aliphatic imine (C=N–C) groups is 2. The van der Waals surface area contributed by atoms with Crippen molar-refractivity contribution >= 4 is 24.2 Å². The maximum absolute atomic E-state index is 5.72. The van der Waals surface area contributed by atoms with Crippen LogP contribution in [0.25, 0.3) is 0 Å². The molecule has 0 fully saturated rings. The molecule has 1 rings (SSSR count). The first-order chi connectivity index (χ1) is 7.11. The second kappa shape index (κ2) is 4.56. The van der Waals surface area contributed by atoms with Crippen LogP contribution in [0.3, 0.4) is 0 Å². The summed E-state index contributed by atoms with van der Waals surface area (Å²) in [7, 11) is 1.52. The van der Waals surface area contributed by atoms with Crippen molar-refractivity contribution in [3.63, 3.8) is 0 Å². The molecular weight excluding hydrogens is 196 g/mol. The molecule has 7 heteroatoms. The summed E-state index contributed by atoms with van der Waals surface area (Å²) in [6.45, 7) is 5.29. The molecule has 15 heavy (non-hydrogen) atoms. The third kappa shape index (κ3) is 2.13. The highest BCUT2D eigenvalue weighted by molar-refractivity contribution is 5.89. The van der Waals surface area contributed by atoms with Gasteiger partial charge in [0.25, 0.3) is 0 Å². The first-order valence-electron chi connectivity index (χ1n) is 4.22. The number of aromatic nitrogens is 2. The maximum Gasteiger partial charge on any atom is 0.249 e. The monoisotopic (exact) mass is 210 g/mol. The van der Waals surface area contributed by atoms with Gasteiger partial charge in [0.2, 0.25) is 5.96 Å². The predicted octanol–water partition coefficient (Wildman–Crippen LogP) is -0.135. The van der Waals surface area contributed by atoms with Gasteiger partial charge in [-0.1, -0.05) is 0 Å². The van der Waals surface area contributed by atoms with Gasteiger partial charge >= 0.3 is 0 Å². The fourth-order valence-electron chi connectivity index (χ4n) is 1.02. The minimum atomic E-state index is 0.159. The standard InChI is InChI=1S/C8H14N6O/c1-5-6(9)7(10)14(13-5)8(11-2)12-4-15-3/h2,4,9-10H2,1,3H3/b12-8+. The van der Waals surface area contributed by atoms with E-state index in [-0.39, 0.29) is 12.7 Å². The number of rotatable bonds is 2. The Labute approximate surface area is 87.4 Å². The quantitative estimate of drug-likeness (QED) is 0.523. The van der Waals surface area contributed by atoms with Crippen LogP contribution in [0.5, 0.6) is 0 Å². The number of nitrogens with two attached hydrogens (primary N) is 2. The highest BCUT2D eigenvalue weighted by Gasteiger charge is 2.12. The average molecular weight is 210 g/mol. The van der Waals surface area contributed by atoms with Crippen LogP contribution in [0.4, 0.5) is 11.5 Å². The molecule has 0 aliphatic carbocycles. The Bertz CT molecular complexity index is 394. The Balaban J connectivity index is 3.13. The number of nitrogen functional groups attached to an aromatic ring is 2. The second-order valence-corrected chi connectivity index (χ2v) is 2.83. The van der Waals surface area contributed by atoms with Gasteiger partial charge in [-0.2, -0.15) is 9.78 Å². The lowest BCUT2D eigenvalue weighted by Gasteiger charge is -2.02. The van der Waals surface area contributed by atoms with Gasteiger partial charge in [-0.3, -0.25) is 0 Å². The van der Waals surface area contributed by atoms with E-state index < -0.39 is 0 Å². The molecule has 1 heterocycles. The minimum absolute atomic E-state index is 0.159. The summed E-state index contributed by atoms with van der Waals surface area (Å²) < 4.78 is 6.11. The van der Waals surface area contributed by atoms with Crippen LogP contribution >= 0.6 is 0 Å². The smallest absolute Gasteiger partial charge is 0.249 e. The number of hydrogen-bond donors (Lipinski definition) is 2. The lowest BCUT2D eigenvalue weighted by molar-refractivity contribution is 0.208. The van der Waals surface area contributed by atoms with E-state index in [1.807, 2.05) is 0 Å². The number of hydrogen-bond acceptors (Lipinski definition) is 5. The van der Waals surface area contributed by atoms with Crippen molar-refractivity contribution in [2.45, 2.75) is 6.92 Å². The summed E-state index contributed by atoms with van der Waals surface area (Å²) in [5.41, 5.74) is 12.4. The molecule has 0 amide bonds. The van der Waals surface area contributed by atoms with E-state index in [1.54, 1.807) is 6.92 Å². The molecule has 82 valence electrons. The van der Waals surface area contributed by atoms with Gasteiger partial charge in [-0.25, -0.2) is 9.98 Å². The second-order valence-electron chi connectivity index (χ2n) is 2.83. The minimum Gasteiger partial charge on any atom is -0.394 e. The molecule has 0 saturated carbocycles. The van der Waals surface area contributed by atoms with Gasteiger partial charge in [0, 0.05) is 7.11 Å². The molecule has 1 aromatic rings. The van der Waals surface area contributed by atoms with E-state index in [1.165, 1.54) is 11.8 Å². The van der Waals surface area contributed by atoms with Crippen molar-refractivity contribution < 1.29 is 4.74 Å². The predicted molar refractivity (Wildman–Crippen MR) is 60.0 cm³/mol. The number of anilines is 2. The summed E-state index contributed by atoms with van der Waals surface area (Å²) in [5.74, 6) is 0.559. The topological polar surface area (TPSA) is 104 Å². The van der Waals surface area contributed by atoms with Crippen LogP contribution in [0, 0.1) is 6.92 Å². The number of aryl methyl sites for hydroxylation is 1. The van der Waals surface area contributed by atoms with Gasteiger partial charge in [0.1, 0.15) is 6.73 Å². The van der Waals surface area contributed by atoms with E-state index in [4.69, 9.17) is 16.2 Å². The van der Waals surface area contributed by atoms with Crippen LogP contribution < -0.4 is 11.5 Å². The van der Waals surface area contributed by atoms with Crippen molar-refractivity contribution in [3.8, 4) is 0 Å². The molecule has 0 radical (unpaired) electrons. The van der Waals surface area contributed by atoms with Crippen LogP contribution in [0.1, 0.15) is 5.69 Å². The highest BCUT2D eigenvalue weighted by atomic mass is 16.5. The van der Waals surface area contributed by atoms with E-state index in [2.05, 4.69) is 21.8 Å². The molecule has 0 saturated heterocycles. The average Bonchev–Trinajstić information content (AvgIpc) is 2.48. The molecule has 0 aliphatic rings. The zero-order valence-electron chi connectivity index (χ0n) is 8.77. The van der Waals surface area contributed by atoms with Gasteiger partial charge < -0.3 is 16.2 Å².